The minimum atomic E-state index is -0.534. The van der Waals surface area contributed by atoms with E-state index in [1.807, 2.05) is 0 Å². The molecule has 1 saturated heterocycles. The summed E-state index contributed by atoms with van der Waals surface area (Å²) in [5, 5.41) is 10.9. The molecule has 0 radical (unpaired) electrons. The number of hydrogen-bond donors (Lipinski definition) is 1. The van der Waals surface area contributed by atoms with E-state index in [0.717, 1.165) is 0 Å². The normalized spacial score (nSPS) is 18.3. The molecule has 4 rings (SSSR count). The van der Waals surface area contributed by atoms with Crippen LogP contribution in [0.5, 0.6) is 11.5 Å². The molecule has 1 N–H and O–H groups in total. The Morgan fingerprint density at radius 1 is 1.30 bits per heavy atom. The summed E-state index contributed by atoms with van der Waals surface area (Å²) in [6, 6.07) is 5.19. The molecule has 27 heavy (non-hydrogen) atoms. The first kappa shape index (κ1) is 17.3. The first-order chi connectivity index (χ1) is 13.1. The van der Waals surface area contributed by atoms with Crippen LogP contribution in [-0.2, 0) is 11.3 Å². The number of hydrogen-bond acceptors (Lipinski definition) is 6. The Morgan fingerprint density at radius 2 is 2.04 bits per heavy atom. The molecule has 1 fully saturated rings. The largest absolute Gasteiger partial charge is 0.497 e. The number of ether oxygens (including phenoxy) is 2. The number of fused-ring (bicyclic) bond motifs is 1. The second-order valence-corrected chi connectivity index (χ2v) is 6.77. The molecule has 0 saturated carbocycles. The van der Waals surface area contributed by atoms with E-state index in [1.165, 1.54) is 4.80 Å². The van der Waals surface area contributed by atoms with Gasteiger partial charge >= 0.3 is 0 Å². The van der Waals surface area contributed by atoms with Gasteiger partial charge in [0.05, 0.1) is 31.6 Å². The highest BCUT2D eigenvalue weighted by molar-refractivity contribution is 5.97. The number of rotatable bonds is 3. The van der Waals surface area contributed by atoms with Crippen molar-refractivity contribution in [2.75, 3.05) is 26.7 Å². The molecule has 2 aromatic rings. The molecule has 1 aromatic carbocycles. The van der Waals surface area contributed by atoms with Crippen LogP contribution in [0.3, 0.4) is 0 Å². The highest BCUT2D eigenvalue weighted by Gasteiger charge is 2.41. The Morgan fingerprint density at radius 3 is 2.74 bits per heavy atom. The molecule has 0 aliphatic carbocycles. The summed E-state index contributed by atoms with van der Waals surface area (Å²) in [4.78, 5) is 28.0. The number of nitrogens with one attached hydrogen (secondary N) is 1. The van der Waals surface area contributed by atoms with Crippen LogP contribution in [0, 0.1) is 0 Å². The maximum absolute atomic E-state index is 12.4. The van der Waals surface area contributed by atoms with Crippen molar-refractivity contribution in [3.63, 3.8) is 0 Å². The van der Waals surface area contributed by atoms with Crippen LogP contribution >= 0.6 is 0 Å². The zero-order valence-corrected chi connectivity index (χ0v) is 15.1. The highest BCUT2D eigenvalue weighted by atomic mass is 16.5. The van der Waals surface area contributed by atoms with Gasteiger partial charge in [0.15, 0.2) is 0 Å². The van der Waals surface area contributed by atoms with Gasteiger partial charge in [0.1, 0.15) is 23.6 Å². The van der Waals surface area contributed by atoms with Gasteiger partial charge in [-0.1, -0.05) is 0 Å². The molecule has 2 amide bonds. The van der Waals surface area contributed by atoms with Gasteiger partial charge in [0, 0.05) is 32.0 Å². The predicted molar refractivity (Wildman–Crippen MR) is 94.5 cm³/mol. The highest BCUT2D eigenvalue weighted by Crippen LogP contribution is 2.35. The fourth-order valence-electron chi connectivity index (χ4n) is 3.50. The monoisotopic (exact) mass is 371 g/mol. The Hall–Kier alpha value is -3.10. The van der Waals surface area contributed by atoms with Crippen LogP contribution in [0.4, 0.5) is 0 Å². The molecule has 0 atom stereocenters. The summed E-state index contributed by atoms with van der Waals surface area (Å²) >= 11 is 0. The van der Waals surface area contributed by atoms with Gasteiger partial charge in [-0.05, 0) is 12.1 Å². The molecular formula is C18H21N5O4. The quantitative estimate of drug-likeness (QED) is 0.842. The van der Waals surface area contributed by atoms with Crippen LogP contribution in [0.2, 0.25) is 0 Å². The summed E-state index contributed by atoms with van der Waals surface area (Å²) in [6.07, 6.45) is 4.35. The molecule has 142 valence electrons. The summed E-state index contributed by atoms with van der Waals surface area (Å²) in [6.45, 7) is 1.63. The van der Waals surface area contributed by atoms with Crippen molar-refractivity contribution in [1.29, 1.82) is 0 Å². The summed E-state index contributed by atoms with van der Waals surface area (Å²) in [5.41, 5.74) is -0.0375. The van der Waals surface area contributed by atoms with Crippen LogP contribution < -0.4 is 14.8 Å². The fourth-order valence-corrected chi connectivity index (χ4v) is 3.50. The van der Waals surface area contributed by atoms with Gasteiger partial charge in [-0.25, -0.2) is 0 Å². The lowest BCUT2D eigenvalue weighted by Crippen LogP contribution is -2.54. The van der Waals surface area contributed by atoms with Gasteiger partial charge in [0.25, 0.3) is 5.91 Å². The van der Waals surface area contributed by atoms with Gasteiger partial charge < -0.3 is 19.7 Å². The molecule has 0 unspecified atom stereocenters. The molecule has 9 heteroatoms. The number of carbonyl (C=O) groups excluding carboxylic acids is 2. The first-order valence-electron chi connectivity index (χ1n) is 8.86. The van der Waals surface area contributed by atoms with Gasteiger partial charge in [0.2, 0.25) is 5.91 Å². The third kappa shape index (κ3) is 3.44. The second kappa shape index (κ2) is 6.90. The van der Waals surface area contributed by atoms with E-state index in [-0.39, 0.29) is 18.4 Å². The van der Waals surface area contributed by atoms with E-state index in [4.69, 9.17) is 9.47 Å². The molecule has 1 spiro atoms. The number of aromatic nitrogens is 3. The number of piperidine rings is 1. The number of nitrogens with zero attached hydrogens (tertiary/aromatic N) is 4. The molecule has 0 bridgehead atoms. The van der Waals surface area contributed by atoms with Gasteiger partial charge in [-0.3, -0.25) is 9.59 Å². The number of amides is 2. The predicted octanol–water partition coefficient (Wildman–Crippen LogP) is 0.470. The van der Waals surface area contributed by atoms with E-state index in [2.05, 4.69) is 15.5 Å². The van der Waals surface area contributed by atoms with Crippen molar-refractivity contribution in [2.45, 2.75) is 25.0 Å². The standard InChI is InChI=1S/C18H21N5O4/c1-26-13-2-3-14-15(10-13)27-18(12-19-17(14)25)4-8-22(9-5-18)16(24)11-23-20-6-7-21-23/h2-3,6-7,10H,4-5,8-9,11-12H2,1H3,(H,19,25). The lowest BCUT2D eigenvalue weighted by atomic mass is 9.91. The van der Waals surface area contributed by atoms with E-state index in [0.29, 0.717) is 49.5 Å². The lowest BCUT2D eigenvalue weighted by Gasteiger charge is -2.41. The maximum atomic E-state index is 12.4. The molecular weight excluding hydrogens is 350 g/mol. The zero-order valence-electron chi connectivity index (χ0n) is 15.1. The molecule has 1 aromatic heterocycles. The van der Waals surface area contributed by atoms with Gasteiger partial charge in [-0.2, -0.15) is 15.0 Å². The number of likely N-dealkylation sites (tertiary alicyclic amines) is 1. The number of methoxy groups -OCH3 is 1. The Labute approximate surface area is 156 Å². The van der Waals surface area contributed by atoms with Crippen molar-refractivity contribution >= 4 is 11.8 Å². The minimum Gasteiger partial charge on any atom is -0.497 e. The van der Waals surface area contributed by atoms with Crippen molar-refractivity contribution in [3.05, 3.63) is 36.2 Å². The second-order valence-electron chi connectivity index (χ2n) is 6.77. The lowest BCUT2D eigenvalue weighted by molar-refractivity contribution is -0.135. The Bertz CT molecular complexity index is 843. The van der Waals surface area contributed by atoms with E-state index in [1.54, 1.807) is 42.6 Å². The average Bonchev–Trinajstić information content (AvgIpc) is 3.15. The van der Waals surface area contributed by atoms with Gasteiger partial charge in [-0.15, -0.1) is 0 Å². The minimum absolute atomic E-state index is 0.0271. The average molecular weight is 371 g/mol. The Kier molecular flexibility index (Phi) is 4.43. The van der Waals surface area contributed by atoms with Crippen LogP contribution in [-0.4, -0.2) is 64.1 Å². The van der Waals surface area contributed by atoms with E-state index < -0.39 is 5.60 Å². The first-order valence-corrected chi connectivity index (χ1v) is 8.86. The molecule has 9 nitrogen and oxygen atoms in total. The topological polar surface area (TPSA) is 98.6 Å². The van der Waals surface area contributed by atoms with E-state index in [9.17, 15) is 9.59 Å². The van der Waals surface area contributed by atoms with Crippen molar-refractivity contribution in [1.82, 2.24) is 25.2 Å². The maximum Gasteiger partial charge on any atom is 0.255 e. The summed E-state index contributed by atoms with van der Waals surface area (Å²) < 4.78 is 11.6. The van der Waals surface area contributed by atoms with Crippen molar-refractivity contribution in [3.8, 4) is 11.5 Å². The summed E-state index contributed by atoms with van der Waals surface area (Å²) in [7, 11) is 1.58. The zero-order chi connectivity index (χ0) is 18.9. The third-order valence-corrected chi connectivity index (χ3v) is 5.10. The Balaban J connectivity index is 1.47. The molecule has 2 aliphatic heterocycles. The van der Waals surface area contributed by atoms with E-state index >= 15 is 0 Å². The van der Waals surface area contributed by atoms with Crippen LogP contribution in [0.15, 0.2) is 30.6 Å². The number of benzene rings is 1. The smallest absolute Gasteiger partial charge is 0.255 e. The molecule has 3 heterocycles. The summed E-state index contributed by atoms with van der Waals surface area (Å²) in [5.74, 6) is 0.969. The van der Waals surface area contributed by atoms with Crippen molar-refractivity contribution in [2.24, 2.45) is 0 Å². The SMILES string of the molecule is COc1ccc2c(c1)OC1(CCN(C(=O)Cn3nccn3)CC1)CNC2=O. The molecule has 2 aliphatic rings. The fraction of sp³-hybridized carbons (Fsp3) is 0.444. The van der Waals surface area contributed by atoms with Crippen LogP contribution in [0.1, 0.15) is 23.2 Å². The van der Waals surface area contributed by atoms with Crippen molar-refractivity contribution < 1.29 is 19.1 Å². The third-order valence-electron chi connectivity index (χ3n) is 5.10. The van der Waals surface area contributed by atoms with Crippen LogP contribution in [0.25, 0.3) is 0 Å². The number of carbonyl (C=O) groups is 2.